The van der Waals surface area contributed by atoms with E-state index >= 15 is 0 Å². The van der Waals surface area contributed by atoms with E-state index in [2.05, 4.69) is 0 Å². The molecule has 1 heterocycles. The molecule has 2 aromatic rings. The average molecular weight is 262 g/mol. The second-order valence-corrected chi connectivity index (χ2v) is 4.54. The number of benzene rings is 1. The Morgan fingerprint density at radius 1 is 1.11 bits per heavy atom. The summed E-state index contributed by atoms with van der Waals surface area (Å²) in [4.78, 5) is 12.4. The fraction of sp³-hybridized carbons (Fsp3) is 0.214. The maximum atomic E-state index is 11.7. The van der Waals surface area contributed by atoms with Crippen LogP contribution < -0.4 is 9.47 Å². The molecule has 2 rings (SSSR count). The smallest absolute Gasteiger partial charge is 0.210 e. The molecule has 18 heavy (non-hydrogen) atoms. The number of ether oxygens (including phenoxy) is 2. The zero-order chi connectivity index (χ0) is 12.8. The number of rotatable bonds is 6. The van der Waals surface area contributed by atoms with Gasteiger partial charge in [-0.3, -0.25) is 4.79 Å². The molecule has 0 radical (unpaired) electrons. The predicted octanol–water partition coefficient (Wildman–Crippen LogP) is 3.41. The van der Waals surface area contributed by atoms with Crippen molar-refractivity contribution in [3.05, 3.63) is 46.7 Å². The topological polar surface area (TPSA) is 35.5 Å². The van der Waals surface area contributed by atoms with Crippen molar-refractivity contribution in [1.29, 1.82) is 0 Å². The van der Waals surface area contributed by atoms with Crippen LogP contribution in [0.5, 0.6) is 11.5 Å². The van der Waals surface area contributed by atoms with E-state index in [0.29, 0.717) is 12.4 Å². The van der Waals surface area contributed by atoms with E-state index in [1.54, 1.807) is 18.2 Å². The standard InChI is InChI=1S/C14H14O3S/c1-2-16-11-5-7-12(8-6-11)17-10-13(15)14-4-3-9-18-14/h3-9H,2,10H2,1H3. The van der Waals surface area contributed by atoms with Gasteiger partial charge >= 0.3 is 0 Å². The monoisotopic (exact) mass is 262 g/mol. The van der Waals surface area contributed by atoms with Crippen molar-refractivity contribution < 1.29 is 14.3 Å². The minimum atomic E-state index is -0.00103. The quantitative estimate of drug-likeness (QED) is 0.748. The second-order valence-electron chi connectivity index (χ2n) is 3.59. The minimum absolute atomic E-state index is 0.00103. The van der Waals surface area contributed by atoms with E-state index in [9.17, 15) is 4.79 Å². The van der Waals surface area contributed by atoms with Gasteiger partial charge in [-0.05, 0) is 42.6 Å². The van der Waals surface area contributed by atoms with Crippen molar-refractivity contribution >= 4 is 17.1 Å². The van der Waals surface area contributed by atoms with E-state index in [0.717, 1.165) is 10.6 Å². The van der Waals surface area contributed by atoms with E-state index in [4.69, 9.17) is 9.47 Å². The van der Waals surface area contributed by atoms with Gasteiger partial charge in [0.2, 0.25) is 5.78 Å². The van der Waals surface area contributed by atoms with Crippen molar-refractivity contribution in [2.24, 2.45) is 0 Å². The molecule has 0 amide bonds. The van der Waals surface area contributed by atoms with Gasteiger partial charge in [0.15, 0.2) is 6.61 Å². The Labute approximate surface area is 110 Å². The predicted molar refractivity (Wildman–Crippen MR) is 71.8 cm³/mol. The maximum Gasteiger partial charge on any atom is 0.210 e. The molecule has 0 atom stereocenters. The summed E-state index contributed by atoms with van der Waals surface area (Å²) in [6.45, 7) is 2.63. The lowest BCUT2D eigenvalue weighted by molar-refractivity contribution is 0.0925. The first-order chi connectivity index (χ1) is 8.79. The SMILES string of the molecule is CCOc1ccc(OCC(=O)c2cccs2)cc1. The van der Waals surface area contributed by atoms with Gasteiger partial charge in [0.1, 0.15) is 11.5 Å². The molecule has 0 aliphatic heterocycles. The van der Waals surface area contributed by atoms with Crippen LogP contribution in [0, 0.1) is 0 Å². The van der Waals surface area contributed by atoms with Gasteiger partial charge in [-0.25, -0.2) is 0 Å². The molecule has 0 bridgehead atoms. The molecule has 94 valence electrons. The van der Waals surface area contributed by atoms with Crippen molar-refractivity contribution in [3.8, 4) is 11.5 Å². The third-order valence-corrected chi connectivity index (χ3v) is 3.21. The van der Waals surface area contributed by atoms with Crippen LogP contribution in [0.1, 0.15) is 16.6 Å². The lowest BCUT2D eigenvalue weighted by atomic mass is 10.3. The Hall–Kier alpha value is -1.81. The van der Waals surface area contributed by atoms with E-state index in [-0.39, 0.29) is 12.4 Å². The molecule has 1 aromatic heterocycles. The third-order valence-electron chi connectivity index (χ3n) is 2.30. The van der Waals surface area contributed by atoms with Crippen LogP contribution in [0.3, 0.4) is 0 Å². The average Bonchev–Trinajstić information content (AvgIpc) is 2.92. The number of thiophene rings is 1. The third kappa shape index (κ3) is 3.34. The van der Waals surface area contributed by atoms with Crippen molar-refractivity contribution in [1.82, 2.24) is 0 Å². The Morgan fingerprint density at radius 3 is 2.33 bits per heavy atom. The highest BCUT2D eigenvalue weighted by atomic mass is 32.1. The molecule has 0 aliphatic carbocycles. The van der Waals surface area contributed by atoms with E-state index in [1.165, 1.54) is 11.3 Å². The number of Topliss-reactive ketones (excluding diaryl/α,β-unsaturated/α-hetero) is 1. The van der Waals surface area contributed by atoms with Crippen LogP contribution >= 0.6 is 11.3 Å². The largest absolute Gasteiger partial charge is 0.494 e. The summed E-state index contributed by atoms with van der Waals surface area (Å²) < 4.78 is 10.8. The van der Waals surface area contributed by atoms with Gasteiger partial charge in [0.25, 0.3) is 0 Å². The number of hydrogen-bond donors (Lipinski definition) is 0. The molecule has 0 saturated heterocycles. The Morgan fingerprint density at radius 2 is 1.78 bits per heavy atom. The molecule has 0 saturated carbocycles. The van der Waals surface area contributed by atoms with Crippen LogP contribution in [0.15, 0.2) is 41.8 Å². The van der Waals surface area contributed by atoms with Crippen LogP contribution in [0.25, 0.3) is 0 Å². The number of carbonyl (C=O) groups is 1. The summed E-state index contributed by atoms with van der Waals surface area (Å²) in [5, 5.41) is 1.88. The molecule has 0 fully saturated rings. The zero-order valence-corrected chi connectivity index (χ0v) is 10.9. The van der Waals surface area contributed by atoms with Gasteiger partial charge in [0, 0.05) is 0 Å². The normalized spacial score (nSPS) is 10.1. The first-order valence-electron chi connectivity index (χ1n) is 5.72. The number of carbonyl (C=O) groups excluding carboxylic acids is 1. The van der Waals surface area contributed by atoms with Crippen LogP contribution in [0.2, 0.25) is 0 Å². The molecule has 1 aromatic carbocycles. The highest BCUT2D eigenvalue weighted by Crippen LogP contribution is 2.18. The van der Waals surface area contributed by atoms with Crippen molar-refractivity contribution in [2.45, 2.75) is 6.92 Å². The summed E-state index contributed by atoms with van der Waals surface area (Å²) in [6, 6.07) is 10.9. The summed E-state index contributed by atoms with van der Waals surface area (Å²) >= 11 is 1.43. The molecule has 4 heteroatoms. The molecule has 3 nitrogen and oxygen atoms in total. The molecular formula is C14H14O3S. The molecule has 0 spiro atoms. The van der Waals surface area contributed by atoms with Gasteiger partial charge in [-0.15, -0.1) is 11.3 Å². The summed E-state index contributed by atoms with van der Waals surface area (Å²) in [7, 11) is 0. The first-order valence-corrected chi connectivity index (χ1v) is 6.60. The summed E-state index contributed by atoms with van der Waals surface area (Å²) in [5.41, 5.74) is 0. The fourth-order valence-corrected chi connectivity index (χ4v) is 2.11. The number of hydrogen-bond acceptors (Lipinski definition) is 4. The lowest BCUT2D eigenvalue weighted by Crippen LogP contribution is -2.09. The van der Waals surface area contributed by atoms with Gasteiger partial charge in [-0.1, -0.05) is 6.07 Å². The molecular weight excluding hydrogens is 248 g/mol. The summed E-state index contributed by atoms with van der Waals surface area (Å²) in [6.07, 6.45) is 0. The van der Waals surface area contributed by atoms with Crippen LogP contribution in [0.4, 0.5) is 0 Å². The van der Waals surface area contributed by atoms with E-state index in [1.807, 2.05) is 30.5 Å². The lowest BCUT2D eigenvalue weighted by Gasteiger charge is -2.06. The van der Waals surface area contributed by atoms with Crippen molar-refractivity contribution in [3.63, 3.8) is 0 Å². The zero-order valence-electron chi connectivity index (χ0n) is 10.1. The number of ketones is 1. The minimum Gasteiger partial charge on any atom is -0.494 e. The fourth-order valence-electron chi connectivity index (χ4n) is 1.46. The van der Waals surface area contributed by atoms with Gasteiger partial charge in [-0.2, -0.15) is 0 Å². The van der Waals surface area contributed by atoms with Gasteiger partial charge in [0.05, 0.1) is 11.5 Å². The van der Waals surface area contributed by atoms with Gasteiger partial charge < -0.3 is 9.47 Å². The summed E-state index contributed by atoms with van der Waals surface area (Å²) in [5.74, 6) is 1.47. The van der Waals surface area contributed by atoms with Crippen molar-refractivity contribution in [2.75, 3.05) is 13.2 Å². The highest BCUT2D eigenvalue weighted by molar-refractivity contribution is 7.12. The molecule has 0 aliphatic rings. The highest BCUT2D eigenvalue weighted by Gasteiger charge is 2.07. The molecule has 0 N–H and O–H groups in total. The second kappa shape index (κ2) is 6.21. The Balaban J connectivity index is 1.88. The van der Waals surface area contributed by atoms with Crippen LogP contribution in [-0.4, -0.2) is 19.0 Å². The Kier molecular flexibility index (Phi) is 4.36. The maximum absolute atomic E-state index is 11.7. The van der Waals surface area contributed by atoms with E-state index < -0.39 is 0 Å². The first kappa shape index (κ1) is 12.6. The molecule has 0 unspecified atom stereocenters. The Bertz CT molecular complexity index is 488. The van der Waals surface area contributed by atoms with Crippen LogP contribution in [-0.2, 0) is 0 Å².